The van der Waals surface area contributed by atoms with E-state index in [9.17, 15) is 0 Å². The lowest BCUT2D eigenvalue weighted by Crippen LogP contribution is -1.97. The summed E-state index contributed by atoms with van der Waals surface area (Å²) >= 11 is 0. The van der Waals surface area contributed by atoms with Gasteiger partial charge in [-0.05, 0) is 24.1 Å². The highest BCUT2D eigenvalue weighted by atomic mass is 16.5. The van der Waals surface area contributed by atoms with Gasteiger partial charge in [0.15, 0.2) is 5.65 Å². The molecule has 0 unspecified atom stereocenters. The largest absolute Gasteiger partial charge is 0.396 e. The van der Waals surface area contributed by atoms with Crippen LogP contribution >= 0.6 is 0 Å². The van der Waals surface area contributed by atoms with E-state index in [1.165, 1.54) is 0 Å². The minimum absolute atomic E-state index is 0.0619. The second-order valence-electron chi connectivity index (χ2n) is 4.79. The van der Waals surface area contributed by atoms with Gasteiger partial charge < -0.3 is 9.63 Å². The Labute approximate surface area is 129 Å². The molecule has 4 rings (SSSR count). The second-order valence-corrected chi connectivity index (χ2v) is 4.79. The highest BCUT2D eigenvalue weighted by Crippen LogP contribution is 2.23. The summed E-state index contributed by atoms with van der Waals surface area (Å²) in [5, 5.41) is 24.9. The van der Waals surface area contributed by atoms with Crippen LogP contribution in [0.2, 0.25) is 0 Å². The number of aliphatic hydroxyl groups excluding tert-OH is 1. The predicted molar refractivity (Wildman–Crippen MR) is 78.1 cm³/mol. The molecule has 1 N–H and O–H groups in total. The van der Waals surface area contributed by atoms with E-state index >= 15 is 0 Å². The van der Waals surface area contributed by atoms with Gasteiger partial charge in [-0.3, -0.25) is 0 Å². The number of fused-ring (bicyclic) bond motifs is 1. The van der Waals surface area contributed by atoms with Gasteiger partial charge in [-0.25, -0.2) is 9.50 Å². The van der Waals surface area contributed by atoms with Gasteiger partial charge in [-0.1, -0.05) is 5.16 Å². The molecule has 0 atom stereocenters. The fourth-order valence-corrected chi connectivity index (χ4v) is 2.18. The minimum Gasteiger partial charge on any atom is -0.396 e. The van der Waals surface area contributed by atoms with E-state index in [4.69, 9.17) is 9.63 Å². The summed E-state index contributed by atoms with van der Waals surface area (Å²) in [6.07, 6.45) is 7.21. The van der Waals surface area contributed by atoms with Crippen LogP contribution in [-0.4, -0.2) is 46.6 Å². The van der Waals surface area contributed by atoms with Gasteiger partial charge in [0.05, 0.1) is 6.20 Å². The molecule has 9 nitrogen and oxygen atoms in total. The van der Waals surface area contributed by atoms with Crippen molar-refractivity contribution in [2.45, 2.75) is 6.42 Å². The van der Waals surface area contributed by atoms with Crippen molar-refractivity contribution in [3.05, 3.63) is 42.5 Å². The van der Waals surface area contributed by atoms with Crippen LogP contribution in [0.25, 0.3) is 28.6 Å². The maximum Gasteiger partial charge on any atom is 0.263 e. The highest BCUT2D eigenvalue weighted by molar-refractivity contribution is 5.71. The third-order valence-electron chi connectivity index (χ3n) is 3.27. The van der Waals surface area contributed by atoms with Gasteiger partial charge in [0.25, 0.3) is 5.89 Å². The average molecular weight is 309 g/mol. The maximum absolute atomic E-state index is 8.98. The van der Waals surface area contributed by atoms with Crippen molar-refractivity contribution < 1.29 is 9.63 Å². The zero-order valence-electron chi connectivity index (χ0n) is 11.9. The van der Waals surface area contributed by atoms with E-state index in [-0.39, 0.29) is 6.61 Å². The summed E-state index contributed by atoms with van der Waals surface area (Å²) in [7, 11) is 0. The monoisotopic (exact) mass is 309 g/mol. The third kappa shape index (κ3) is 2.42. The number of rotatable bonds is 4. The van der Waals surface area contributed by atoms with E-state index in [1.807, 2.05) is 6.20 Å². The summed E-state index contributed by atoms with van der Waals surface area (Å²) in [5.74, 6) is 0.660. The number of aliphatic hydroxyl groups is 1. The SMILES string of the molecule is OCCc1cnc2c(-c3nc(-c4cccnn4)no3)cnn2c1. The molecule has 0 spiro atoms. The van der Waals surface area contributed by atoms with Crippen LogP contribution in [-0.2, 0) is 6.42 Å². The summed E-state index contributed by atoms with van der Waals surface area (Å²) < 4.78 is 6.90. The molecule has 114 valence electrons. The Hall–Kier alpha value is -3.20. The van der Waals surface area contributed by atoms with Gasteiger partial charge in [0.2, 0.25) is 5.82 Å². The van der Waals surface area contributed by atoms with Gasteiger partial charge in [0, 0.05) is 25.2 Å². The molecule has 0 aliphatic heterocycles. The molecular weight excluding hydrogens is 298 g/mol. The molecule has 0 aromatic carbocycles. The van der Waals surface area contributed by atoms with E-state index in [0.717, 1.165) is 5.56 Å². The Morgan fingerprint density at radius 1 is 1.26 bits per heavy atom. The molecule has 0 saturated heterocycles. The van der Waals surface area contributed by atoms with Crippen molar-refractivity contribution in [3.8, 4) is 23.0 Å². The van der Waals surface area contributed by atoms with Gasteiger partial charge in [-0.2, -0.15) is 15.2 Å². The highest BCUT2D eigenvalue weighted by Gasteiger charge is 2.17. The first-order valence-electron chi connectivity index (χ1n) is 6.90. The van der Waals surface area contributed by atoms with Crippen LogP contribution in [0.15, 0.2) is 41.4 Å². The number of hydrogen-bond acceptors (Lipinski definition) is 8. The molecular formula is C14H11N7O2. The van der Waals surface area contributed by atoms with E-state index in [2.05, 4.69) is 30.4 Å². The number of hydrogen-bond donors (Lipinski definition) is 1. The predicted octanol–water partition coefficient (Wildman–Crippen LogP) is 0.771. The summed E-state index contributed by atoms with van der Waals surface area (Å²) in [4.78, 5) is 8.67. The molecule has 4 heterocycles. The van der Waals surface area contributed by atoms with Crippen LogP contribution in [0.3, 0.4) is 0 Å². The first kappa shape index (κ1) is 13.5. The van der Waals surface area contributed by atoms with Crippen molar-refractivity contribution in [1.82, 2.24) is 34.9 Å². The Balaban J connectivity index is 1.74. The van der Waals surface area contributed by atoms with Crippen molar-refractivity contribution in [2.75, 3.05) is 6.61 Å². The van der Waals surface area contributed by atoms with E-state index in [1.54, 1.807) is 35.2 Å². The molecule has 0 radical (unpaired) electrons. The molecule has 4 aromatic heterocycles. The van der Waals surface area contributed by atoms with Crippen LogP contribution in [0.4, 0.5) is 0 Å². The average Bonchev–Trinajstić information content (AvgIpc) is 3.22. The Morgan fingerprint density at radius 3 is 3.04 bits per heavy atom. The lowest BCUT2D eigenvalue weighted by atomic mass is 10.2. The zero-order chi connectivity index (χ0) is 15.6. The molecule has 23 heavy (non-hydrogen) atoms. The van der Waals surface area contributed by atoms with Crippen LogP contribution in [0, 0.1) is 0 Å². The maximum atomic E-state index is 8.98. The summed E-state index contributed by atoms with van der Waals surface area (Å²) in [6, 6.07) is 3.50. The molecule has 9 heteroatoms. The number of nitrogens with zero attached hydrogens (tertiary/aromatic N) is 7. The molecule has 0 bridgehead atoms. The van der Waals surface area contributed by atoms with Crippen LogP contribution in [0.1, 0.15) is 5.56 Å². The van der Waals surface area contributed by atoms with Crippen molar-refractivity contribution >= 4 is 5.65 Å². The fourth-order valence-electron chi connectivity index (χ4n) is 2.18. The molecule has 0 amide bonds. The lowest BCUT2D eigenvalue weighted by Gasteiger charge is -1.98. The Morgan fingerprint density at radius 2 is 2.22 bits per heavy atom. The standard InChI is InChI=1S/C14H11N7O2/c22-5-3-9-6-15-13-10(7-17-21(13)8-9)14-18-12(20-23-14)11-2-1-4-16-19-11/h1-2,4,6-8,22H,3,5H2. The lowest BCUT2D eigenvalue weighted by molar-refractivity contribution is 0.299. The van der Waals surface area contributed by atoms with E-state index < -0.39 is 0 Å². The molecule has 4 aromatic rings. The normalized spacial score (nSPS) is 11.2. The third-order valence-corrected chi connectivity index (χ3v) is 3.27. The fraction of sp³-hybridized carbons (Fsp3) is 0.143. The Kier molecular flexibility index (Phi) is 3.24. The molecule has 0 aliphatic rings. The van der Waals surface area contributed by atoms with Crippen molar-refractivity contribution in [1.29, 1.82) is 0 Å². The molecule has 0 aliphatic carbocycles. The quantitative estimate of drug-likeness (QED) is 0.588. The zero-order valence-corrected chi connectivity index (χ0v) is 11.9. The van der Waals surface area contributed by atoms with Gasteiger partial charge in [0.1, 0.15) is 11.3 Å². The van der Waals surface area contributed by atoms with Gasteiger partial charge >= 0.3 is 0 Å². The topological polar surface area (TPSA) is 115 Å². The van der Waals surface area contributed by atoms with Crippen molar-refractivity contribution in [3.63, 3.8) is 0 Å². The summed E-state index contributed by atoms with van der Waals surface area (Å²) in [6.45, 7) is 0.0619. The first-order chi connectivity index (χ1) is 11.3. The minimum atomic E-state index is 0.0619. The Bertz CT molecular complexity index is 948. The van der Waals surface area contributed by atoms with Crippen molar-refractivity contribution in [2.24, 2.45) is 0 Å². The second kappa shape index (κ2) is 5.54. The van der Waals surface area contributed by atoms with Crippen LogP contribution < -0.4 is 0 Å². The number of aromatic nitrogens is 7. The van der Waals surface area contributed by atoms with Crippen LogP contribution in [0.5, 0.6) is 0 Å². The smallest absolute Gasteiger partial charge is 0.263 e. The van der Waals surface area contributed by atoms with Gasteiger partial charge in [-0.15, -0.1) is 5.10 Å². The van der Waals surface area contributed by atoms with E-state index in [0.29, 0.717) is 35.0 Å². The molecule has 0 fully saturated rings. The summed E-state index contributed by atoms with van der Waals surface area (Å²) in [5.41, 5.74) is 2.64. The first-order valence-corrected chi connectivity index (χ1v) is 6.90. The molecule has 0 saturated carbocycles.